The standard InChI is InChI=1S/C33H34ClN5O5/c1-3-35-30(42)19-26-33-38-37-20(2)39(33)27-16-15-23(18-25(27)31(36-26)21-11-13-22(34)14-12-21)44-17-6-4-5-9-28(40)24-8-7-10-29(41)32(24)43/h7-8,10-16,18,26,41,43H,3-6,9,17,19H2,1-2H3,(H,35,42)/t26-/m0/s1. The minimum Gasteiger partial charge on any atom is -0.504 e. The number of phenols is 2. The molecule has 0 fully saturated rings. The molecule has 1 aliphatic rings. The first-order valence-corrected chi connectivity index (χ1v) is 15.0. The Morgan fingerprint density at radius 3 is 2.59 bits per heavy atom. The van der Waals surface area contributed by atoms with Crippen LogP contribution in [0.3, 0.4) is 0 Å². The average Bonchev–Trinajstić information content (AvgIpc) is 3.33. The fourth-order valence-corrected chi connectivity index (χ4v) is 5.36. The van der Waals surface area contributed by atoms with Gasteiger partial charge in [-0.05, 0) is 75.6 Å². The number of nitrogens with one attached hydrogen (secondary N) is 1. The molecule has 10 nitrogen and oxygen atoms in total. The maximum atomic E-state index is 12.7. The number of unbranched alkanes of at least 4 members (excludes halogenated alkanes) is 2. The van der Waals surface area contributed by atoms with Crippen molar-refractivity contribution in [2.75, 3.05) is 13.2 Å². The van der Waals surface area contributed by atoms with Gasteiger partial charge >= 0.3 is 0 Å². The molecule has 1 aliphatic heterocycles. The molecule has 228 valence electrons. The van der Waals surface area contributed by atoms with Crippen LogP contribution in [0.4, 0.5) is 0 Å². The average molecular weight is 616 g/mol. The number of carbonyl (C=O) groups is 2. The van der Waals surface area contributed by atoms with Gasteiger partial charge in [-0.1, -0.05) is 29.8 Å². The van der Waals surface area contributed by atoms with Crippen molar-refractivity contribution in [1.82, 2.24) is 20.1 Å². The summed E-state index contributed by atoms with van der Waals surface area (Å²) in [5.41, 5.74) is 3.30. The van der Waals surface area contributed by atoms with Gasteiger partial charge in [-0.2, -0.15) is 0 Å². The zero-order chi connectivity index (χ0) is 31.2. The Kier molecular flexibility index (Phi) is 9.59. The molecule has 0 saturated heterocycles. The van der Waals surface area contributed by atoms with Crippen LogP contribution in [0.1, 0.15) is 78.2 Å². The minimum absolute atomic E-state index is 0.119. The molecular weight excluding hydrogens is 582 g/mol. The zero-order valence-corrected chi connectivity index (χ0v) is 25.3. The van der Waals surface area contributed by atoms with E-state index in [1.165, 1.54) is 18.2 Å². The Morgan fingerprint density at radius 2 is 1.82 bits per heavy atom. The zero-order valence-electron chi connectivity index (χ0n) is 24.6. The van der Waals surface area contributed by atoms with Crippen LogP contribution in [-0.2, 0) is 4.79 Å². The van der Waals surface area contributed by atoms with E-state index < -0.39 is 6.04 Å². The summed E-state index contributed by atoms with van der Waals surface area (Å²) < 4.78 is 8.07. The van der Waals surface area contributed by atoms with Crippen molar-refractivity contribution >= 4 is 29.0 Å². The van der Waals surface area contributed by atoms with E-state index >= 15 is 0 Å². The van der Waals surface area contributed by atoms with E-state index in [1.54, 1.807) is 12.1 Å². The van der Waals surface area contributed by atoms with Gasteiger partial charge in [0.15, 0.2) is 23.1 Å². The number of hydrogen-bond donors (Lipinski definition) is 3. The maximum Gasteiger partial charge on any atom is 0.222 e. The monoisotopic (exact) mass is 615 g/mol. The van der Waals surface area contributed by atoms with Crippen molar-refractivity contribution in [3.63, 3.8) is 0 Å². The highest BCUT2D eigenvalue weighted by molar-refractivity contribution is 6.30. The number of ketones is 1. The largest absolute Gasteiger partial charge is 0.504 e. The molecule has 3 aromatic carbocycles. The molecule has 4 aromatic rings. The van der Waals surface area contributed by atoms with Crippen LogP contribution in [0.15, 0.2) is 65.7 Å². The number of Topliss-reactive ketones (excluding diaryl/α,β-unsaturated/α-hetero) is 1. The van der Waals surface area contributed by atoms with Gasteiger partial charge in [-0.15, -0.1) is 10.2 Å². The van der Waals surface area contributed by atoms with E-state index in [-0.39, 0.29) is 41.6 Å². The molecule has 44 heavy (non-hydrogen) atoms. The Bertz CT molecular complexity index is 1700. The quantitative estimate of drug-likeness (QED) is 0.103. The summed E-state index contributed by atoms with van der Waals surface area (Å²) in [5.74, 6) is 0.892. The summed E-state index contributed by atoms with van der Waals surface area (Å²) in [6, 6.07) is 17.0. The van der Waals surface area contributed by atoms with Crippen LogP contribution in [0.25, 0.3) is 5.69 Å². The summed E-state index contributed by atoms with van der Waals surface area (Å²) in [4.78, 5) is 30.2. The van der Waals surface area contributed by atoms with Crippen LogP contribution in [0, 0.1) is 6.92 Å². The van der Waals surface area contributed by atoms with Crippen molar-refractivity contribution in [2.45, 2.75) is 52.0 Å². The first kappa shape index (κ1) is 30.7. The number of ether oxygens (including phenoxy) is 1. The van der Waals surface area contributed by atoms with Crippen LogP contribution >= 0.6 is 11.6 Å². The number of halogens is 1. The van der Waals surface area contributed by atoms with Gasteiger partial charge in [0.25, 0.3) is 0 Å². The van der Waals surface area contributed by atoms with Crippen LogP contribution in [-0.4, -0.2) is 55.5 Å². The molecule has 0 radical (unpaired) electrons. The molecule has 0 aliphatic carbocycles. The maximum absolute atomic E-state index is 12.7. The number of fused-ring (bicyclic) bond motifs is 3. The second-order valence-electron chi connectivity index (χ2n) is 10.5. The van der Waals surface area contributed by atoms with E-state index in [9.17, 15) is 19.8 Å². The SMILES string of the molecule is CCNC(=O)C[C@@H]1N=C(c2ccc(Cl)cc2)c2cc(OCCCCCC(=O)c3cccc(O)c3O)ccc2-n2c(C)nnc21. The van der Waals surface area contributed by atoms with Crippen LogP contribution in [0.5, 0.6) is 17.2 Å². The van der Waals surface area contributed by atoms with E-state index in [0.29, 0.717) is 47.7 Å². The third kappa shape index (κ3) is 6.75. The molecule has 1 atom stereocenters. The van der Waals surface area contributed by atoms with Crippen molar-refractivity contribution in [1.29, 1.82) is 0 Å². The van der Waals surface area contributed by atoms with Gasteiger partial charge in [0.05, 0.1) is 30.0 Å². The molecule has 0 saturated carbocycles. The summed E-state index contributed by atoms with van der Waals surface area (Å²) in [7, 11) is 0. The topological polar surface area (TPSA) is 139 Å². The predicted octanol–water partition coefficient (Wildman–Crippen LogP) is 5.88. The Hall–Kier alpha value is -4.70. The van der Waals surface area contributed by atoms with Gasteiger partial charge in [-0.3, -0.25) is 19.1 Å². The normalized spacial score (nSPS) is 13.8. The van der Waals surface area contributed by atoms with Gasteiger partial charge in [-0.25, -0.2) is 0 Å². The second kappa shape index (κ2) is 13.7. The number of aromatic hydroxyl groups is 2. The molecule has 11 heteroatoms. The van der Waals surface area contributed by atoms with Crippen LogP contribution < -0.4 is 10.1 Å². The lowest BCUT2D eigenvalue weighted by Crippen LogP contribution is -2.25. The molecule has 3 N–H and O–H groups in total. The number of amides is 1. The highest BCUT2D eigenvalue weighted by Crippen LogP contribution is 2.35. The number of carbonyl (C=O) groups excluding carboxylic acids is 2. The summed E-state index contributed by atoms with van der Waals surface area (Å²) >= 11 is 6.20. The summed E-state index contributed by atoms with van der Waals surface area (Å²) in [6.45, 7) is 4.70. The predicted molar refractivity (Wildman–Crippen MR) is 167 cm³/mol. The van der Waals surface area contributed by atoms with E-state index in [2.05, 4.69) is 15.5 Å². The molecule has 2 heterocycles. The fourth-order valence-electron chi connectivity index (χ4n) is 5.23. The Labute approximate surface area is 260 Å². The van der Waals surface area contributed by atoms with Gasteiger partial charge in [0, 0.05) is 29.1 Å². The summed E-state index contributed by atoms with van der Waals surface area (Å²) in [6.07, 6.45) is 2.47. The summed E-state index contributed by atoms with van der Waals surface area (Å²) in [5, 5.41) is 31.8. The lowest BCUT2D eigenvalue weighted by molar-refractivity contribution is -0.121. The molecule has 0 bridgehead atoms. The second-order valence-corrected chi connectivity index (χ2v) is 11.0. The first-order chi connectivity index (χ1) is 21.3. The van der Waals surface area contributed by atoms with Crippen molar-refractivity contribution in [3.05, 3.63) is 94.0 Å². The number of nitrogens with zero attached hydrogens (tertiary/aromatic N) is 4. The van der Waals surface area contributed by atoms with Gasteiger partial charge in [0.1, 0.15) is 17.6 Å². The van der Waals surface area contributed by atoms with Crippen LogP contribution in [0.2, 0.25) is 5.02 Å². The molecule has 1 amide bonds. The van der Waals surface area contributed by atoms with E-state index in [4.69, 9.17) is 21.3 Å². The third-order valence-electron chi connectivity index (χ3n) is 7.40. The number of aryl methyl sites for hydroxylation is 1. The number of rotatable bonds is 12. The van der Waals surface area contributed by atoms with Crippen molar-refractivity contribution in [2.24, 2.45) is 4.99 Å². The van der Waals surface area contributed by atoms with Crippen molar-refractivity contribution < 1.29 is 24.5 Å². The van der Waals surface area contributed by atoms with Gasteiger partial charge in [0.2, 0.25) is 5.91 Å². The number of phenolic OH excluding ortho intramolecular Hbond substituents is 2. The van der Waals surface area contributed by atoms with Crippen molar-refractivity contribution in [3.8, 4) is 22.9 Å². The Morgan fingerprint density at radius 1 is 1.02 bits per heavy atom. The Balaban J connectivity index is 1.34. The molecular formula is C33H34ClN5O5. The van der Waals surface area contributed by atoms with E-state index in [0.717, 1.165) is 29.7 Å². The number of aliphatic imine (C=N–C) groups is 1. The smallest absolute Gasteiger partial charge is 0.222 e. The first-order valence-electron chi connectivity index (χ1n) is 14.6. The molecule has 0 unspecified atom stereocenters. The lowest BCUT2D eigenvalue weighted by atomic mass is 10.00. The fraction of sp³-hybridized carbons (Fsp3) is 0.303. The third-order valence-corrected chi connectivity index (χ3v) is 7.65. The van der Waals surface area contributed by atoms with Gasteiger partial charge < -0.3 is 20.3 Å². The number of benzene rings is 3. The lowest BCUT2D eigenvalue weighted by Gasteiger charge is -2.15. The molecule has 0 spiro atoms. The number of hydrogen-bond acceptors (Lipinski definition) is 8. The highest BCUT2D eigenvalue weighted by atomic mass is 35.5. The molecule has 1 aromatic heterocycles. The van der Waals surface area contributed by atoms with E-state index in [1.807, 2.05) is 48.7 Å². The number of aromatic nitrogens is 3. The molecule has 5 rings (SSSR count). The number of para-hydroxylation sites is 1. The minimum atomic E-state index is -0.560. The highest BCUT2D eigenvalue weighted by Gasteiger charge is 2.30.